The van der Waals surface area contributed by atoms with E-state index in [0.717, 1.165) is 48.3 Å². The molecule has 1 aromatic carbocycles. The third-order valence-corrected chi connectivity index (χ3v) is 3.96. The van der Waals surface area contributed by atoms with Crippen LogP contribution in [-0.2, 0) is 4.74 Å². The summed E-state index contributed by atoms with van der Waals surface area (Å²) in [6.07, 6.45) is 4.23. The second-order valence-corrected chi connectivity index (χ2v) is 5.59. The van der Waals surface area contributed by atoms with Crippen LogP contribution >= 0.6 is 12.2 Å². The minimum Gasteiger partial charge on any atom is -0.494 e. The van der Waals surface area contributed by atoms with E-state index in [2.05, 4.69) is 15.6 Å². The molecule has 2 heterocycles. The largest absolute Gasteiger partial charge is 0.494 e. The average Bonchev–Trinajstić information content (AvgIpc) is 3.07. The van der Waals surface area contributed by atoms with Gasteiger partial charge in [-0.05, 0) is 49.3 Å². The molecule has 1 saturated heterocycles. The van der Waals surface area contributed by atoms with E-state index in [1.807, 2.05) is 24.3 Å². The summed E-state index contributed by atoms with van der Waals surface area (Å²) in [4.78, 5) is 4.38. The second-order valence-electron chi connectivity index (χ2n) is 5.19. The molecule has 1 atom stereocenters. The number of benzene rings is 1. The van der Waals surface area contributed by atoms with Gasteiger partial charge in [0.15, 0.2) is 5.11 Å². The first-order valence-electron chi connectivity index (χ1n) is 7.36. The smallest absolute Gasteiger partial charge is 0.170 e. The molecule has 0 saturated carbocycles. The lowest BCUT2D eigenvalue weighted by Crippen LogP contribution is -2.34. The molecule has 0 spiro atoms. The van der Waals surface area contributed by atoms with Gasteiger partial charge in [-0.25, -0.2) is 0 Å². The summed E-state index contributed by atoms with van der Waals surface area (Å²) in [5, 5.41) is 8.00. The van der Waals surface area contributed by atoms with Gasteiger partial charge >= 0.3 is 0 Å². The molecule has 0 unspecified atom stereocenters. The predicted octanol–water partition coefficient (Wildman–Crippen LogP) is 2.71. The van der Waals surface area contributed by atoms with Crippen molar-refractivity contribution in [2.45, 2.75) is 18.9 Å². The van der Waals surface area contributed by atoms with E-state index in [4.69, 9.17) is 21.7 Å². The van der Waals surface area contributed by atoms with Gasteiger partial charge in [-0.3, -0.25) is 4.98 Å². The lowest BCUT2D eigenvalue weighted by atomic mass is 10.1. The van der Waals surface area contributed by atoms with Crippen molar-refractivity contribution in [2.24, 2.45) is 0 Å². The first-order valence-corrected chi connectivity index (χ1v) is 7.77. The molecule has 0 bridgehead atoms. The van der Waals surface area contributed by atoms with E-state index >= 15 is 0 Å². The number of pyridine rings is 1. The lowest BCUT2D eigenvalue weighted by molar-refractivity contribution is 0.114. The normalized spacial score (nSPS) is 17.4. The standard InChI is InChI=1S/C16H19N3O2S/c1-20-14-7-6-13(12-5-2-8-17-15(12)14)19-16(22)18-10-11-4-3-9-21-11/h2,5-8,11H,3-4,9-10H2,1H3,(H2,18,19,22)/t11-/m0/s1. The van der Waals surface area contributed by atoms with Crippen molar-refractivity contribution in [2.75, 3.05) is 25.6 Å². The third kappa shape index (κ3) is 3.28. The minimum absolute atomic E-state index is 0.258. The molecule has 22 heavy (non-hydrogen) atoms. The summed E-state index contributed by atoms with van der Waals surface area (Å²) in [6, 6.07) is 7.73. The van der Waals surface area contributed by atoms with Crippen LogP contribution in [0.4, 0.5) is 5.69 Å². The van der Waals surface area contributed by atoms with Crippen molar-refractivity contribution >= 4 is 33.9 Å². The van der Waals surface area contributed by atoms with Crippen molar-refractivity contribution < 1.29 is 9.47 Å². The van der Waals surface area contributed by atoms with E-state index in [9.17, 15) is 0 Å². The van der Waals surface area contributed by atoms with Crippen molar-refractivity contribution in [3.8, 4) is 5.75 Å². The minimum atomic E-state index is 0.258. The zero-order chi connectivity index (χ0) is 15.4. The van der Waals surface area contributed by atoms with E-state index < -0.39 is 0 Å². The molecule has 2 N–H and O–H groups in total. The van der Waals surface area contributed by atoms with Crippen LogP contribution in [0.15, 0.2) is 30.5 Å². The first-order chi connectivity index (χ1) is 10.8. The van der Waals surface area contributed by atoms with Gasteiger partial charge in [0.25, 0.3) is 0 Å². The van der Waals surface area contributed by atoms with Crippen LogP contribution < -0.4 is 15.4 Å². The van der Waals surface area contributed by atoms with E-state index in [0.29, 0.717) is 5.11 Å². The van der Waals surface area contributed by atoms with E-state index in [1.54, 1.807) is 13.3 Å². The molecule has 116 valence electrons. The molecule has 5 nitrogen and oxygen atoms in total. The van der Waals surface area contributed by atoms with Crippen molar-refractivity contribution in [3.05, 3.63) is 30.5 Å². The summed E-state index contributed by atoms with van der Waals surface area (Å²) < 4.78 is 10.9. The molecule has 1 aromatic heterocycles. The Morgan fingerprint density at radius 1 is 1.45 bits per heavy atom. The summed E-state index contributed by atoms with van der Waals surface area (Å²) in [5.41, 5.74) is 1.73. The Bertz CT molecular complexity index is 671. The van der Waals surface area contributed by atoms with Crippen LogP contribution in [0.1, 0.15) is 12.8 Å². The number of methoxy groups -OCH3 is 1. The van der Waals surface area contributed by atoms with Crippen LogP contribution in [0.5, 0.6) is 5.75 Å². The van der Waals surface area contributed by atoms with Crippen LogP contribution in [-0.4, -0.2) is 36.5 Å². The highest BCUT2D eigenvalue weighted by molar-refractivity contribution is 7.80. The highest BCUT2D eigenvalue weighted by Gasteiger charge is 2.15. The number of ether oxygens (including phenoxy) is 2. The molecule has 1 aliphatic rings. The molecular weight excluding hydrogens is 298 g/mol. The van der Waals surface area contributed by atoms with Crippen molar-refractivity contribution in [1.82, 2.24) is 10.3 Å². The van der Waals surface area contributed by atoms with Crippen LogP contribution in [0.2, 0.25) is 0 Å². The Morgan fingerprint density at radius 2 is 2.36 bits per heavy atom. The molecule has 0 aliphatic carbocycles. The quantitative estimate of drug-likeness (QED) is 0.846. The molecular formula is C16H19N3O2S. The number of aromatic nitrogens is 1. The highest BCUT2D eigenvalue weighted by atomic mass is 32.1. The van der Waals surface area contributed by atoms with Crippen molar-refractivity contribution in [3.63, 3.8) is 0 Å². The number of hydrogen-bond acceptors (Lipinski definition) is 4. The second kappa shape index (κ2) is 6.89. The van der Waals surface area contributed by atoms with Gasteiger partial charge in [-0.15, -0.1) is 0 Å². The Morgan fingerprint density at radius 3 is 3.14 bits per heavy atom. The first kappa shape index (κ1) is 15.0. The summed E-state index contributed by atoms with van der Waals surface area (Å²) >= 11 is 5.37. The Kier molecular flexibility index (Phi) is 4.70. The van der Waals surface area contributed by atoms with Gasteiger partial charge in [-0.2, -0.15) is 0 Å². The predicted molar refractivity (Wildman–Crippen MR) is 91.5 cm³/mol. The fourth-order valence-corrected chi connectivity index (χ4v) is 2.79. The monoisotopic (exact) mass is 317 g/mol. The number of thiocarbonyl (C=S) groups is 1. The summed E-state index contributed by atoms with van der Waals surface area (Å²) in [6.45, 7) is 1.58. The van der Waals surface area contributed by atoms with Crippen LogP contribution in [0.25, 0.3) is 10.9 Å². The SMILES string of the molecule is COc1ccc(NC(=S)NC[C@@H]2CCCO2)c2cccnc12. The van der Waals surface area contributed by atoms with Gasteiger partial charge in [0, 0.05) is 30.4 Å². The number of nitrogens with zero attached hydrogens (tertiary/aromatic N) is 1. The zero-order valence-electron chi connectivity index (χ0n) is 12.5. The number of rotatable bonds is 4. The Balaban J connectivity index is 1.71. The molecule has 2 aromatic rings. The molecule has 6 heteroatoms. The molecule has 0 radical (unpaired) electrons. The number of nitrogens with one attached hydrogen (secondary N) is 2. The van der Waals surface area contributed by atoms with Crippen LogP contribution in [0, 0.1) is 0 Å². The molecule has 1 aliphatic heterocycles. The average molecular weight is 317 g/mol. The fourth-order valence-electron chi connectivity index (χ4n) is 2.60. The Labute approximate surface area is 135 Å². The molecule has 1 fully saturated rings. The molecule has 0 amide bonds. The maximum atomic E-state index is 5.58. The number of hydrogen-bond donors (Lipinski definition) is 2. The van der Waals surface area contributed by atoms with Gasteiger partial charge in [0.1, 0.15) is 11.3 Å². The van der Waals surface area contributed by atoms with E-state index in [1.165, 1.54) is 0 Å². The summed E-state index contributed by atoms with van der Waals surface area (Å²) in [7, 11) is 1.64. The lowest BCUT2D eigenvalue weighted by Gasteiger charge is -2.15. The fraction of sp³-hybridized carbons (Fsp3) is 0.375. The van der Waals surface area contributed by atoms with Gasteiger partial charge in [0.05, 0.1) is 13.2 Å². The summed E-state index contributed by atoms with van der Waals surface area (Å²) in [5.74, 6) is 0.749. The zero-order valence-corrected chi connectivity index (χ0v) is 13.3. The topological polar surface area (TPSA) is 55.4 Å². The number of fused-ring (bicyclic) bond motifs is 1. The van der Waals surface area contributed by atoms with Gasteiger partial charge in [0.2, 0.25) is 0 Å². The maximum Gasteiger partial charge on any atom is 0.170 e. The number of anilines is 1. The molecule has 3 rings (SSSR count). The maximum absolute atomic E-state index is 5.58. The highest BCUT2D eigenvalue weighted by Crippen LogP contribution is 2.29. The van der Waals surface area contributed by atoms with Crippen LogP contribution in [0.3, 0.4) is 0 Å². The Hall–Kier alpha value is -1.92. The van der Waals surface area contributed by atoms with Gasteiger partial charge in [-0.1, -0.05) is 0 Å². The van der Waals surface area contributed by atoms with Crippen molar-refractivity contribution in [1.29, 1.82) is 0 Å². The van der Waals surface area contributed by atoms with E-state index in [-0.39, 0.29) is 6.10 Å². The third-order valence-electron chi connectivity index (χ3n) is 3.72. The van der Waals surface area contributed by atoms with Gasteiger partial charge < -0.3 is 20.1 Å².